The molecule has 1 aliphatic rings. The third-order valence-corrected chi connectivity index (χ3v) is 4.59. The molecule has 2 rings (SSSR count). The summed E-state index contributed by atoms with van der Waals surface area (Å²) in [5, 5.41) is 3.46. The van der Waals surface area contributed by atoms with Crippen molar-refractivity contribution in [3.8, 4) is 0 Å². The zero-order chi connectivity index (χ0) is 13.7. The molecule has 0 amide bonds. The van der Waals surface area contributed by atoms with Crippen LogP contribution < -0.4 is 5.32 Å². The third kappa shape index (κ3) is 4.01. The van der Waals surface area contributed by atoms with Crippen LogP contribution in [-0.2, 0) is 6.54 Å². The summed E-state index contributed by atoms with van der Waals surface area (Å²) in [6.07, 6.45) is 3.60. The summed E-state index contributed by atoms with van der Waals surface area (Å²) in [5.74, 6) is -0.171. The monoisotopic (exact) mass is 328 g/mol. The van der Waals surface area contributed by atoms with Crippen molar-refractivity contribution in [2.75, 3.05) is 19.6 Å². The fourth-order valence-corrected chi connectivity index (χ4v) is 3.10. The van der Waals surface area contributed by atoms with Crippen molar-refractivity contribution in [2.24, 2.45) is 0 Å². The summed E-state index contributed by atoms with van der Waals surface area (Å²) in [7, 11) is 0. The molecule has 2 nitrogen and oxygen atoms in total. The van der Waals surface area contributed by atoms with Crippen LogP contribution in [0.4, 0.5) is 4.39 Å². The molecule has 4 heteroatoms. The van der Waals surface area contributed by atoms with Crippen LogP contribution in [0.15, 0.2) is 22.7 Å². The first kappa shape index (κ1) is 14.9. The number of nitrogens with one attached hydrogen (secondary N) is 1. The lowest BCUT2D eigenvalue weighted by atomic mass is 10.0. The summed E-state index contributed by atoms with van der Waals surface area (Å²) in [4.78, 5) is 2.48. The normalized spacial score (nSPS) is 19.9. The first-order valence-corrected chi connectivity index (χ1v) is 7.89. The molecule has 0 saturated carbocycles. The molecule has 1 saturated heterocycles. The van der Waals surface area contributed by atoms with E-state index in [0.717, 1.165) is 38.2 Å². The number of halogens is 2. The van der Waals surface area contributed by atoms with Gasteiger partial charge in [0.05, 0.1) is 4.47 Å². The summed E-state index contributed by atoms with van der Waals surface area (Å²) < 4.78 is 14.2. The molecule has 19 heavy (non-hydrogen) atoms. The topological polar surface area (TPSA) is 15.3 Å². The maximum atomic E-state index is 13.6. The molecule has 1 heterocycles. The summed E-state index contributed by atoms with van der Waals surface area (Å²) in [6, 6.07) is 5.87. The van der Waals surface area contributed by atoms with E-state index in [0.29, 0.717) is 10.5 Å². The summed E-state index contributed by atoms with van der Waals surface area (Å²) in [6.45, 7) is 6.25. The highest BCUT2D eigenvalue weighted by Crippen LogP contribution is 2.23. The van der Waals surface area contributed by atoms with Crippen LogP contribution in [0.3, 0.4) is 0 Å². The van der Waals surface area contributed by atoms with Crippen LogP contribution in [-0.4, -0.2) is 30.6 Å². The van der Waals surface area contributed by atoms with Gasteiger partial charge in [0.1, 0.15) is 5.82 Å². The van der Waals surface area contributed by atoms with Gasteiger partial charge < -0.3 is 5.32 Å². The first-order valence-electron chi connectivity index (χ1n) is 7.10. The van der Waals surface area contributed by atoms with Gasteiger partial charge >= 0.3 is 0 Å². The number of rotatable bonds is 5. The number of hydrogen-bond donors (Lipinski definition) is 1. The smallest absolute Gasteiger partial charge is 0.137 e. The van der Waals surface area contributed by atoms with Crippen LogP contribution in [0, 0.1) is 5.82 Å². The summed E-state index contributed by atoms with van der Waals surface area (Å²) >= 11 is 3.37. The highest BCUT2D eigenvalue weighted by molar-refractivity contribution is 9.10. The van der Waals surface area contributed by atoms with E-state index in [1.54, 1.807) is 6.07 Å². The van der Waals surface area contributed by atoms with Gasteiger partial charge in [0.15, 0.2) is 0 Å². The lowest BCUT2D eigenvalue weighted by Gasteiger charge is -2.34. The molecule has 1 aliphatic heterocycles. The van der Waals surface area contributed by atoms with Crippen LogP contribution in [0.1, 0.15) is 31.7 Å². The molecule has 0 bridgehead atoms. The van der Waals surface area contributed by atoms with Crippen molar-refractivity contribution in [3.63, 3.8) is 0 Å². The van der Waals surface area contributed by atoms with Crippen LogP contribution >= 0.6 is 15.9 Å². The molecule has 1 N–H and O–H groups in total. The Hall–Kier alpha value is -0.450. The Labute approximate surface area is 123 Å². The minimum Gasteiger partial charge on any atom is -0.315 e. The molecule has 106 valence electrons. The van der Waals surface area contributed by atoms with Gasteiger partial charge in [0.2, 0.25) is 0 Å². The highest BCUT2D eigenvalue weighted by Gasteiger charge is 2.21. The Morgan fingerprint density at radius 2 is 2.32 bits per heavy atom. The lowest BCUT2D eigenvalue weighted by Crippen LogP contribution is -2.45. The van der Waals surface area contributed by atoms with E-state index >= 15 is 0 Å². The van der Waals surface area contributed by atoms with E-state index in [4.69, 9.17) is 0 Å². The van der Waals surface area contributed by atoms with E-state index in [1.807, 2.05) is 6.07 Å². The predicted molar refractivity (Wildman–Crippen MR) is 80.7 cm³/mol. The number of hydrogen-bond acceptors (Lipinski definition) is 2. The van der Waals surface area contributed by atoms with Crippen molar-refractivity contribution in [2.45, 2.75) is 38.8 Å². The molecular formula is C15H22BrFN2. The minimum absolute atomic E-state index is 0.171. The second-order valence-electron chi connectivity index (χ2n) is 5.18. The van der Waals surface area contributed by atoms with E-state index in [9.17, 15) is 4.39 Å². The van der Waals surface area contributed by atoms with E-state index in [-0.39, 0.29) is 5.82 Å². The largest absolute Gasteiger partial charge is 0.315 e. The maximum absolute atomic E-state index is 13.6. The molecule has 1 fully saturated rings. The van der Waals surface area contributed by atoms with Gasteiger partial charge in [0.25, 0.3) is 0 Å². The van der Waals surface area contributed by atoms with Crippen LogP contribution in [0.25, 0.3) is 0 Å². The van der Waals surface area contributed by atoms with E-state index in [1.165, 1.54) is 18.9 Å². The van der Waals surface area contributed by atoms with Crippen molar-refractivity contribution >= 4 is 15.9 Å². The standard InChI is InChI=1S/C15H22BrFN2/c1-2-9-19(13-6-4-8-18-10-13)11-12-5-3-7-14(17)15(12)16/h3,5,7,13,18H,2,4,6,8-11H2,1H3. The van der Waals surface area contributed by atoms with Crippen molar-refractivity contribution in [3.05, 3.63) is 34.1 Å². The second-order valence-corrected chi connectivity index (χ2v) is 5.98. The third-order valence-electron chi connectivity index (χ3n) is 3.70. The Kier molecular flexibility index (Phi) is 5.79. The molecule has 0 aromatic heterocycles. The lowest BCUT2D eigenvalue weighted by molar-refractivity contribution is 0.157. The van der Waals surface area contributed by atoms with Gasteiger partial charge in [-0.3, -0.25) is 4.90 Å². The second kappa shape index (κ2) is 7.36. The number of nitrogens with zero attached hydrogens (tertiary/aromatic N) is 1. The van der Waals surface area contributed by atoms with Gasteiger partial charge in [-0.1, -0.05) is 19.1 Å². The molecule has 1 aromatic rings. The number of piperidine rings is 1. The van der Waals surface area contributed by atoms with Crippen molar-refractivity contribution < 1.29 is 4.39 Å². The van der Waals surface area contributed by atoms with Crippen LogP contribution in [0.2, 0.25) is 0 Å². The van der Waals surface area contributed by atoms with Crippen molar-refractivity contribution in [1.29, 1.82) is 0 Å². The van der Waals surface area contributed by atoms with Crippen LogP contribution in [0.5, 0.6) is 0 Å². The molecule has 1 atom stereocenters. The molecule has 1 aromatic carbocycles. The van der Waals surface area contributed by atoms with E-state index in [2.05, 4.69) is 33.1 Å². The maximum Gasteiger partial charge on any atom is 0.137 e. The Balaban J connectivity index is 2.08. The molecule has 0 aliphatic carbocycles. The highest BCUT2D eigenvalue weighted by atomic mass is 79.9. The van der Waals surface area contributed by atoms with Gasteiger partial charge in [-0.2, -0.15) is 0 Å². The van der Waals surface area contributed by atoms with Gasteiger partial charge in [0, 0.05) is 19.1 Å². The molecule has 0 radical (unpaired) electrons. The zero-order valence-electron chi connectivity index (χ0n) is 11.5. The SMILES string of the molecule is CCCN(Cc1cccc(F)c1Br)C1CCCNC1. The zero-order valence-corrected chi connectivity index (χ0v) is 13.0. The van der Waals surface area contributed by atoms with Crippen molar-refractivity contribution in [1.82, 2.24) is 10.2 Å². The Morgan fingerprint density at radius 1 is 1.47 bits per heavy atom. The van der Waals surface area contributed by atoms with Gasteiger partial charge in [-0.05, 0) is 59.9 Å². The fraction of sp³-hybridized carbons (Fsp3) is 0.600. The Morgan fingerprint density at radius 3 is 3.00 bits per heavy atom. The molecular weight excluding hydrogens is 307 g/mol. The Bertz CT molecular complexity index is 405. The average Bonchev–Trinajstić information content (AvgIpc) is 2.44. The molecule has 0 spiro atoms. The van der Waals surface area contributed by atoms with Gasteiger partial charge in [-0.25, -0.2) is 4.39 Å². The minimum atomic E-state index is -0.171. The predicted octanol–water partition coefficient (Wildman–Crippen LogP) is 3.55. The van der Waals surface area contributed by atoms with E-state index < -0.39 is 0 Å². The van der Waals surface area contributed by atoms with Gasteiger partial charge in [-0.15, -0.1) is 0 Å². The average molecular weight is 329 g/mol. The molecule has 1 unspecified atom stereocenters. The number of benzene rings is 1. The summed E-state index contributed by atoms with van der Waals surface area (Å²) in [5.41, 5.74) is 1.04. The quantitative estimate of drug-likeness (QED) is 0.889. The fourth-order valence-electron chi connectivity index (χ4n) is 2.71. The first-order chi connectivity index (χ1) is 9.22.